The highest BCUT2D eigenvalue weighted by Crippen LogP contribution is 2.16. The SMILES string of the molecule is CC(C)NCc1ncoc1COCC(F)(F)F. The molecule has 7 heteroatoms. The lowest BCUT2D eigenvalue weighted by Gasteiger charge is -2.08. The first-order chi connectivity index (χ1) is 7.88. The van der Waals surface area contributed by atoms with Crippen molar-refractivity contribution in [3.63, 3.8) is 0 Å². The summed E-state index contributed by atoms with van der Waals surface area (Å²) in [6.07, 6.45) is -3.13. The molecule has 0 spiro atoms. The number of alkyl halides is 3. The van der Waals surface area contributed by atoms with E-state index < -0.39 is 12.8 Å². The number of nitrogens with zero attached hydrogens (tertiary/aromatic N) is 1. The summed E-state index contributed by atoms with van der Waals surface area (Å²) in [6.45, 7) is 2.85. The van der Waals surface area contributed by atoms with Gasteiger partial charge in [0.15, 0.2) is 12.2 Å². The highest BCUT2D eigenvalue weighted by molar-refractivity contribution is 5.05. The van der Waals surface area contributed by atoms with Crippen LogP contribution in [0.1, 0.15) is 25.3 Å². The summed E-state index contributed by atoms with van der Waals surface area (Å²) in [5, 5.41) is 3.09. The lowest BCUT2D eigenvalue weighted by atomic mass is 10.3. The molecule has 4 nitrogen and oxygen atoms in total. The molecule has 0 saturated heterocycles. The van der Waals surface area contributed by atoms with Crippen LogP contribution in [0.2, 0.25) is 0 Å². The molecular formula is C10H15F3N2O2. The molecule has 1 N–H and O–H groups in total. The van der Waals surface area contributed by atoms with Crippen LogP contribution in [-0.2, 0) is 17.9 Å². The lowest BCUT2D eigenvalue weighted by Crippen LogP contribution is -2.23. The normalized spacial score (nSPS) is 12.4. The van der Waals surface area contributed by atoms with Gasteiger partial charge in [-0.3, -0.25) is 0 Å². The molecule has 98 valence electrons. The van der Waals surface area contributed by atoms with Crippen molar-refractivity contribution in [3.05, 3.63) is 17.8 Å². The van der Waals surface area contributed by atoms with Crippen LogP contribution in [0.15, 0.2) is 10.8 Å². The largest absolute Gasteiger partial charge is 0.446 e. The van der Waals surface area contributed by atoms with Crippen molar-refractivity contribution < 1.29 is 22.3 Å². The Bertz CT molecular complexity index is 337. The fourth-order valence-electron chi connectivity index (χ4n) is 1.12. The zero-order valence-electron chi connectivity index (χ0n) is 9.67. The van der Waals surface area contributed by atoms with Gasteiger partial charge in [-0.1, -0.05) is 13.8 Å². The number of hydrogen-bond acceptors (Lipinski definition) is 4. The van der Waals surface area contributed by atoms with Gasteiger partial charge in [0, 0.05) is 12.6 Å². The fourth-order valence-corrected chi connectivity index (χ4v) is 1.12. The van der Waals surface area contributed by atoms with Crippen LogP contribution in [-0.4, -0.2) is 23.8 Å². The second kappa shape index (κ2) is 6.02. The third-order valence-corrected chi connectivity index (χ3v) is 1.90. The third kappa shape index (κ3) is 5.69. The smallest absolute Gasteiger partial charge is 0.411 e. The summed E-state index contributed by atoms with van der Waals surface area (Å²) in [7, 11) is 0. The van der Waals surface area contributed by atoms with E-state index in [1.165, 1.54) is 6.39 Å². The number of ether oxygens (including phenoxy) is 1. The number of oxazole rings is 1. The van der Waals surface area contributed by atoms with Crippen molar-refractivity contribution in [2.24, 2.45) is 0 Å². The molecule has 1 rings (SSSR count). The number of aromatic nitrogens is 1. The van der Waals surface area contributed by atoms with E-state index in [2.05, 4.69) is 15.0 Å². The number of nitrogens with one attached hydrogen (secondary N) is 1. The van der Waals surface area contributed by atoms with Gasteiger partial charge in [-0.2, -0.15) is 13.2 Å². The molecule has 0 aliphatic carbocycles. The van der Waals surface area contributed by atoms with Gasteiger partial charge < -0.3 is 14.5 Å². The summed E-state index contributed by atoms with van der Waals surface area (Å²) < 4.78 is 45.0. The van der Waals surface area contributed by atoms with E-state index in [0.29, 0.717) is 18.0 Å². The number of hydrogen-bond donors (Lipinski definition) is 1. The molecule has 1 heterocycles. The molecule has 1 aromatic heterocycles. The van der Waals surface area contributed by atoms with Crippen LogP contribution in [0.3, 0.4) is 0 Å². The minimum Gasteiger partial charge on any atom is -0.446 e. The topological polar surface area (TPSA) is 47.3 Å². The van der Waals surface area contributed by atoms with Gasteiger partial charge in [0.05, 0.1) is 5.69 Å². The van der Waals surface area contributed by atoms with E-state index in [-0.39, 0.29) is 12.6 Å². The van der Waals surface area contributed by atoms with Gasteiger partial charge in [-0.25, -0.2) is 4.98 Å². The highest BCUT2D eigenvalue weighted by Gasteiger charge is 2.27. The molecule has 0 radical (unpaired) electrons. The van der Waals surface area contributed by atoms with Gasteiger partial charge in [0.1, 0.15) is 13.2 Å². The molecule has 0 fully saturated rings. The first-order valence-electron chi connectivity index (χ1n) is 5.17. The van der Waals surface area contributed by atoms with Crippen molar-refractivity contribution in [3.8, 4) is 0 Å². The van der Waals surface area contributed by atoms with E-state index in [1.54, 1.807) is 0 Å². The average molecular weight is 252 g/mol. The van der Waals surface area contributed by atoms with Crippen molar-refractivity contribution in [2.45, 2.75) is 39.2 Å². The Kier molecular flexibility index (Phi) is 4.95. The second-order valence-electron chi connectivity index (χ2n) is 3.87. The van der Waals surface area contributed by atoms with Crippen LogP contribution < -0.4 is 5.32 Å². The molecule has 0 amide bonds. The van der Waals surface area contributed by atoms with Crippen molar-refractivity contribution in [1.29, 1.82) is 0 Å². The number of rotatable bonds is 6. The summed E-state index contributed by atoms with van der Waals surface area (Å²) in [5.74, 6) is 0.322. The maximum atomic E-state index is 11.9. The molecule has 0 aliphatic heterocycles. The fraction of sp³-hybridized carbons (Fsp3) is 0.700. The summed E-state index contributed by atoms with van der Waals surface area (Å²) >= 11 is 0. The quantitative estimate of drug-likeness (QED) is 0.843. The second-order valence-corrected chi connectivity index (χ2v) is 3.87. The van der Waals surface area contributed by atoms with Crippen molar-refractivity contribution >= 4 is 0 Å². The first kappa shape index (κ1) is 14.0. The third-order valence-electron chi connectivity index (χ3n) is 1.90. The van der Waals surface area contributed by atoms with Crippen molar-refractivity contribution in [1.82, 2.24) is 10.3 Å². The highest BCUT2D eigenvalue weighted by atomic mass is 19.4. The Morgan fingerprint density at radius 1 is 1.47 bits per heavy atom. The number of halogens is 3. The Morgan fingerprint density at radius 2 is 2.18 bits per heavy atom. The van der Waals surface area contributed by atoms with Crippen LogP contribution in [0.5, 0.6) is 0 Å². The van der Waals surface area contributed by atoms with Crippen LogP contribution in [0.25, 0.3) is 0 Å². The molecular weight excluding hydrogens is 237 g/mol. The Labute approximate surface area is 97.2 Å². The Morgan fingerprint density at radius 3 is 2.76 bits per heavy atom. The lowest BCUT2D eigenvalue weighted by molar-refractivity contribution is -0.177. The maximum absolute atomic E-state index is 11.9. The minimum absolute atomic E-state index is 0.228. The summed E-state index contributed by atoms with van der Waals surface area (Å²) in [5.41, 5.74) is 0.570. The van der Waals surface area contributed by atoms with E-state index in [4.69, 9.17) is 4.42 Å². The summed E-state index contributed by atoms with van der Waals surface area (Å²) in [6, 6.07) is 0.260. The molecule has 0 unspecified atom stereocenters. The van der Waals surface area contributed by atoms with Gasteiger partial charge in [0.25, 0.3) is 0 Å². The molecule has 17 heavy (non-hydrogen) atoms. The van der Waals surface area contributed by atoms with E-state index >= 15 is 0 Å². The molecule has 0 atom stereocenters. The molecule has 0 bridgehead atoms. The zero-order valence-corrected chi connectivity index (χ0v) is 9.67. The van der Waals surface area contributed by atoms with Gasteiger partial charge in [-0.05, 0) is 0 Å². The molecule has 0 aromatic carbocycles. The first-order valence-corrected chi connectivity index (χ1v) is 5.17. The van der Waals surface area contributed by atoms with Gasteiger partial charge in [-0.15, -0.1) is 0 Å². The summed E-state index contributed by atoms with van der Waals surface area (Å²) in [4.78, 5) is 3.91. The van der Waals surface area contributed by atoms with Gasteiger partial charge in [0.2, 0.25) is 0 Å². The average Bonchev–Trinajstić information content (AvgIpc) is 2.60. The predicted molar refractivity (Wildman–Crippen MR) is 54.2 cm³/mol. The van der Waals surface area contributed by atoms with E-state index in [1.807, 2.05) is 13.8 Å². The monoisotopic (exact) mass is 252 g/mol. The van der Waals surface area contributed by atoms with Crippen LogP contribution in [0.4, 0.5) is 13.2 Å². The van der Waals surface area contributed by atoms with E-state index in [9.17, 15) is 13.2 Å². The van der Waals surface area contributed by atoms with Crippen LogP contribution in [0, 0.1) is 0 Å². The predicted octanol–water partition coefficient (Wildman–Crippen LogP) is 2.25. The van der Waals surface area contributed by atoms with E-state index in [0.717, 1.165) is 0 Å². The Hall–Kier alpha value is -1.08. The standard InChI is InChI=1S/C10H15F3N2O2/c1-7(2)14-3-8-9(17-6-15-8)4-16-5-10(11,12)13/h6-7,14H,3-5H2,1-2H3. The molecule has 1 aromatic rings. The van der Waals surface area contributed by atoms with Crippen LogP contribution >= 0.6 is 0 Å². The van der Waals surface area contributed by atoms with Gasteiger partial charge >= 0.3 is 6.18 Å². The molecule has 0 saturated carbocycles. The van der Waals surface area contributed by atoms with Crippen molar-refractivity contribution in [2.75, 3.05) is 6.61 Å². The zero-order chi connectivity index (χ0) is 12.9. The maximum Gasteiger partial charge on any atom is 0.411 e. The molecule has 0 aliphatic rings. The Balaban J connectivity index is 2.40. The minimum atomic E-state index is -4.32.